The Bertz CT molecular complexity index is 510. The van der Waals surface area contributed by atoms with Crippen molar-refractivity contribution < 1.29 is 9.18 Å². The van der Waals surface area contributed by atoms with Crippen LogP contribution in [0.25, 0.3) is 0 Å². The van der Waals surface area contributed by atoms with Crippen LogP contribution in [0.2, 0.25) is 0 Å². The van der Waals surface area contributed by atoms with Crippen molar-refractivity contribution in [2.24, 2.45) is 0 Å². The minimum Gasteiger partial charge on any atom is -0.355 e. The van der Waals surface area contributed by atoms with Gasteiger partial charge in [0.15, 0.2) is 0 Å². The summed E-state index contributed by atoms with van der Waals surface area (Å²) in [5, 5.41) is 4.74. The minimum atomic E-state index is -0.218. The molecule has 94 valence electrons. The minimum absolute atomic E-state index is 0.0196. The van der Waals surface area contributed by atoms with E-state index in [4.69, 9.17) is 0 Å². The maximum Gasteiger partial charge on any atom is 0.225 e. The van der Waals surface area contributed by atoms with Crippen LogP contribution in [0, 0.1) is 5.82 Å². The van der Waals surface area contributed by atoms with E-state index < -0.39 is 0 Å². The molecule has 1 aromatic heterocycles. The van der Waals surface area contributed by atoms with Crippen molar-refractivity contribution in [2.45, 2.75) is 12.8 Å². The van der Waals surface area contributed by atoms with Crippen molar-refractivity contribution in [1.29, 1.82) is 0 Å². The highest BCUT2D eigenvalue weighted by molar-refractivity contribution is 7.10. The quantitative estimate of drug-likeness (QED) is 0.883. The molecule has 0 spiro atoms. The van der Waals surface area contributed by atoms with Gasteiger partial charge in [-0.15, -0.1) is 11.3 Å². The maximum atomic E-state index is 13.3. The normalized spacial score (nSPS) is 10.3. The van der Waals surface area contributed by atoms with E-state index in [9.17, 15) is 9.18 Å². The Balaban J connectivity index is 1.75. The predicted octanol–water partition coefficient (Wildman–Crippen LogP) is 2.79. The number of benzene rings is 1. The van der Waals surface area contributed by atoms with Gasteiger partial charge in [0.25, 0.3) is 0 Å². The molecular weight excluding hydrogens is 249 g/mol. The van der Waals surface area contributed by atoms with Crippen molar-refractivity contribution in [2.75, 3.05) is 6.54 Å². The Kier molecular flexibility index (Phi) is 4.47. The third-order valence-corrected chi connectivity index (χ3v) is 3.47. The number of thiophene rings is 1. The van der Waals surface area contributed by atoms with Crippen molar-refractivity contribution in [3.05, 3.63) is 58.0 Å². The molecule has 2 nitrogen and oxygen atoms in total. The van der Waals surface area contributed by atoms with Crippen LogP contribution in [0.15, 0.2) is 41.8 Å². The largest absolute Gasteiger partial charge is 0.355 e. The van der Waals surface area contributed by atoms with E-state index in [0.717, 1.165) is 4.88 Å². The summed E-state index contributed by atoms with van der Waals surface area (Å²) in [6.45, 7) is 0.463. The van der Waals surface area contributed by atoms with Crippen molar-refractivity contribution in [1.82, 2.24) is 5.32 Å². The smallest absolute Gasteiger partial charge is 0.225 e. The first-order chi connectivity index (χ1) is 8.75. The fourth-order valence-corrected chi connectivity index (χ4v) is 2.38. The van der Waals surface area contributed by atoms with Crippen molar-refractivity contribution in [3.8, 4) is 0 Å². The molecule has 0 aliphatic heterocycles. The lowest BCUT2D eigenvalue weighted by atomic mass is 10.1. The summed E-state index contributed by atoms with van der Waals surface area (Å²) >= 11 is 1.56. The van der Waals surface area contributed by atoms with Crippen LogP contribution in [0.5, 0.6) is 0 Å². The van der Waals surface area contributed by atoms with E-state index in [2.05, 4.69) is 5.32 Å². The van der Waals surface area contributed by atoms with Gasteiger partial charge in [-0.25, -0.2) is 4.39 Å². The number of hydrogen-bond donors (Lipinski definition) is 1. The Hall–Kier alpha value is -1.68. The number of amides is 1. The number of hydrogen-bond acceptors (Lipinski definition) is 2. The van der Waals surface area contributed by atoms with Crippen LogP contribution < -0.4 is 5.32 Å². The zero-order valence-corrected chi connectivity index (χ0v) is 10.7. The van der Waals surface area contributed by atoms with E-state index >= 15 is 0 Å². The lowest BCUT2D eigenvalue weighted by Crippen LogP contribution is -2.27. The van der Waals surface area contributed by atoms with E-state index in [1.54, 1.807) is 29.5 Å². The summed E-state index contributed by atoms with van der Waals surface area (Å²) in [5.74, 6) is -0.237. The van der Waals surface area contributed by atoms with Gasteiger partial charge < -0.3 is 5.32 Å². The molecule has 0 saturated heterocycles. The highest BCUT2D eigenvalue weighted by Gasteiger charge is 2.05. The predicted molar refractivity (Wildman–Crippen MR) is 71.1 cm³/mol. The topological polar surface area (TPSA) is 29.1 Å². The summed E-state index contributed by atoms with van der Waals surface area (Å²) in [4.78, 5) is 12.6. The Morgan fingerprint density at radius 2 is 2.06 bits per heavy atom. The molecule has 1 N–H and O–H groups in total. The molecule has 0 aliphatic carbocycles. The van der Waals surface area contributed by atoms with Crippen LogP contribution in [-0.4, -0.2) is 12.5 Å². The maximum absolute atomic E-state index is 13.3. The van der Waals surface area contributed by atoms with Crippen molar-refractivity contribution in [3.63, 3.8) is 0 Å². The fourth-order valence-electron chi connectivity index (χ4n) is 1.67. The van der Waals surface area contributed by atoms with Crippen LogP contribution in [0.1, 0.15) is 10.4 Å². The molecule has 0 radical (unpaired) electrons. The Labute approximate surface area is 109 Å². The summed E-state index contributed by atoms with van der Waals surface area (Å²) in [5.41, 5.74) is 0.633. The van der Waals surface area contributed by atoms with Crippen LogP contribution in [0.3, 0.4) is 0 Å². The molecule has 0 atom stereocenters. The molecule has 0 fully saturated rings. The van der Waals surface area contributed by atoms with Gasteiger partial charge in [-0.3, -0.25) is 4.79 Å². The summed E-state index contributed by atoms with van der Waals surface area (Å²) in [7, 11) is 0. The molecular formula is C14H14FNOS. The number of nitrogens with one attached hydrogen (secondary N) is 1. The highest BCUT2D eigenvalue weighted by Crippen LogP contribution is 2.09. The monoisotopic (exact) mass is 263 g/mol. The highest BCUT2D eigenvalue weighted by atomic mass is 32.1. The third kappa shape index (κ3) is 3.67. The van der Waals surface area contributed by atoms with E-state index in [0.29, 0.717) is 24.9 Å². The number of rotatable bonds is 5. The van der Waals surface area contributed by atoms with Gasteiger partial charge in [0.1, 0.15) is 5.82 Å². The SMILES string of the molecule is O=C(Cc1cccs1)NCCc1ccccc1F. The lowest BCUT2D eigenvalue weighted by molar-refractivity contribution is -0.120. The van der Waals surface area contributed by atoms with E-state index in [1.165, 1.54) is 6.07 Å². The van der Waals surface area contributed by atoms with Crippen LogP contribution >= 0.6 is 11.3 Å². The molecule has 0 aliphatic rings. The Morgan fingerprint density at radius 3 is 2.78 bits per heavy atom. The second kappa shape index (κ2) is 6.31. The van der Waals surface area contributed by atoms with Gasteiger partial charge in [-0.2, -0.15) is 0 Å². The number of carbonyl (C=O) groups is 1. The zero-order valence-electron chi connectivity index (χ0n) is 9.86. The molecule has 0 unspecified atom stereocenters. The first-order valence-electron chi connectivity index (χ1n) is 5.78. The summed E-state index contributed by atoms with van der Waals surface area (Å²) < 4.78 is 13.3. The molecule has 2 aromatic rings. The van der Waals surface area contributed by atoms with Gasteiger partial charge in [0.05, 0.1) is 6.42 Å². The molecule has 2 rings (SSSR count). The van der Waals surface area contributed by atoms with Crippen molar-refractivity contribution >= 4 is 17.2 Å². The van der Waals surface area contributed by atoms with Gasteiger partial charge in [-0.05, 0) is 29.5 Å². The molecule has 1 aromatic carbocycles. The second-order valence-electron chi connectivity index (χ2n) is 3.95. The van der Waals surface area contributed by atoms with E-state index in [-0.39, 0.29) is 11.7 Å². The molecule has 1 heterocycles. The lowest BCUT2D eigenvalue weighted by Gasteiger charge is -2.05. The average molecular weight is 263 g/mol. The number of halogens is 1. The summed E-state index contributed by atoms with van der Waals surface area (Å²) in [6, 6.07) is 10.5. The van der Waals surface area contributed by atoms with E-state index in [1.807, 2.05) is 17.5 Å². The third-order valence-electron chi connectivity index (χ3n) is 2.59. The molecule has 0 saturated carbocycles. The molecule has 4 heteroatoms. The standard InChI is InChI=1S/C14H14FNOS/c15-13-6-2-1-4-11(13)7-8-16-14(17)10-12-5-3-9-18-12/h1-6,9H,7-8,10H2,(H,16,17). The zero-order chi connectivity index (χ0) is 12.8. The van der Waals surface area contributed by atoms with Crippen LogP contribution in [-0.2, 0) is 17.6 Å². The Morgan fingerprint density at radius 1 is 1.22 bits per heavy atom. The van der Waals surface area contributed by atoms with Crippen LogP contribution in [0.4, 0.5) is 4.39 Å². The molecule has 1 amide bonds. The first-order valence-corrected chi connectivity index (χ1v) is 6.66. The van der Waals surface area contributed by atoms with Gasteiger partial charge in [-0.1, -0.05) is 24.3 Å². The van der Waals surface area contributed by atoms with Gasteiger partial charge >= 0.3 is 0 Å². The van der Waals surface area contributed by atoms with Gasteiger partial charge in [0.2, 0.25) is 5.91 Å². The average Bonchev–Trinajstić information content (AvgIpc) is 2.84. The summed E-state index contributed by atoms with van der Waals surface area (Å²) in [6.07, 6.45) is 0.914. The fraction of sp³-hybridized carbons (Fsp3) is 0.214. The van der Waals surface area contributed by atoms with Gasteiger partial charge in [0, 0.05) is 11.4 Å². The first kappa shape index (κ1) is 12.8. The second-order valence-corrected chi connectivity index (χ2v) is 4.98. The molecule has 0 bridgehead atoms. The molecule has 18 heavy (non-hydrogen) atoms. The number of carbonyl (C=O) groups excluding carboxylic acids is 1.